The maximum absolute atomic E-state index is 10.4. The van der Waals surface area contributed by atoms with Crippen molar-refractivity contribution in [3.05, 3.63) is 53.1 Å². The minimum atomic E-state index is -0.403. The van der Waals surface area contributed by atoms with Gasteiger partial charge in [-0.2, -0.15) is 0 Å². The molecule has 0 saturated carbocycles. The average molecular weight is 331 g/mol. The Kier molecular flexibility index (Phi) is 3.99. The Hall–Kier alpha value is -1.44. The van der Waals surface area contributed by atoms with E-state index in [1.807, 2.05) is 34.9 Å². The van der Waals surface area contributed by atoms with Gasteiger partial charge in [0.05, 0.1) is 12.0 Å². The van der Waals surface area contributed by atoms with Crippen LogP contribution in [0.5, 0.6) is 0 Å². The van der Waals surface area contributed by atoms with E-state index in [9.17, 15) is 10.1 Å². The van der Waals surface area contributed by atoms with Gasteiger partial charge in [0.15, 0.2) is 0 Å². The third-order valence-electron chi connectivity index (χ3n) is 2.13. The summed E-state index contributed by atoms with van der Waals surface area (Å²) in [6, 6.07) is 6.43. The Bertz CT molecular complexity index is 493. The fraction of sp³-hybridized carbons (Fsp3) is 0.100. The second kappa shape index (κ2) is 5.06. The molecule has 0 unspecified atom stereocenters. The predicted molar refractivity (Wildman–Crippen MR) is 53.6 cm³/mol. The molecule has 0 N–H and O–H groups in total. The quantitative estimate of drug-likeness (QED) is 0.283. The summed E-state index contributed by atoms with van der Waals surface area (Å²) in [5.41, 5.74) is 1.01. The van der Waals surface area contributed by atoms with E-state index < -0.39 is 4.92 Å². The molecule has 0 amide bonds. The third-order valence-corrected chi connectivity index (χ3v) is 2.13. The number of rotatable bonds is 2. The molecule has 0 aliphatic carbocycles. The Morgan fingerprint density at radius 2 is 1.94 bits per heavy atom. The van der Waals surface area contributed by atoms with Crippen LogP contribution >= 0.6 is 0 Å². The molecule has 0 aliphatic heterocycles. The number of nitro benzene ring substituents is 1. The highest BCUT2D eigenvalue weighted by molar-refractivity contribution is 5.40. The first-order chi connectivity index (χ1) is 7.16. The average Bonchev–Trinajstić information content (AvgIpc) is 2.65. The number of imidazole rings is 1. The Balaban J connectivity index is 0.00000128. The third kappa shape index (κ3) is 2.57. The minimum absolute atomic E-state index is 0. The lowest BCUT2D eigenvalue weighted by Gasteiger charge is -1.94. The van der Waals surface area contributed by atoms with E-state index in [4.69, 9.17) is 0 Å². The van der Waals surface area contributed by atoms with Crippen molar-refractivity contribution in [3.63, 3.8) is 0 Å². The smallest absolute Gasteiger partial charge is 0.269 e. The van der Waals surface area contributed by atoms with E-state index in [0.717, 1.165) is 5.69 Å². The molecule has 0 spiro atoms. The lowest BCUT2D eigenvalue weighted by molar-refractivity contribution is -0.670. The number of nitrogens with zero attached hydrogens (tertiary/aromatic N) is 3. The fourth-order valence-corrected chi connectivity index (χ4v) is 1.35. The van der Waals surface area contributed by atoms with Crippen LogP contribution in [-0.4, -0.2) is 9.49 Å². The summed E-state index contributed by atoms with van der Waals surface area (Å²) >= 11 is 0. The van der Waals surface area contributed by atoms with Gasteiger partial charge < -0.3 is 24.0 Å². The number of nitro groups is 1. The van der Waals surface area contributed by atoms with Crippen LogP contribution in [0.15, 0.2) is 43.0 Å². The number of hydrogen-bond acceptors (Lipinski definition) is 2. The summed E-state index contributed by atoms with van der Waals surface area (Å²) in [7, 11) is 1.92. The van der Waals surface area contributed by atoms with E-state index in [2.05, 4.69) is 0 Å². The van der Waals surface area contributed by atoms with E-state index in [-0.39, 0.29) is 29.7 Å². The largest absolute Gasteiger partial charge is 1.00 e. The van der Waals surface area contributed by atoms with Crippen LogP contribution in [0.4, 0.5) is 5.69 Å². The lowest BCUT2D eigenvalue weighted by atomic mass is 10.3. The van der Waals surface area contributed by atoms with E-state index in [0.29, 0.717) is 0 Å². The van der Waals surface area contributed by atoms with Crippen LogP contribution in [0, 0.1) is 10.1 Å². The zero-order valence-corrected chi connectivity index (χ0v) is 10.7. The van der Waals surface area contributed by atoms with Crippen molar-refractivity contribution in [2.45, 2.75) is 0 Å². The van der Waals surface area contributed by atoms with Gasteiger partial charge in [0.1, 0.15) is 18.1 Å². The maximum atomic E-state index is 10.4. The van der Waals surface area contributed by atoms with Crippen molar-refractivity contribution in [1.29, 1.82) is 0 Å². The van der Waals surface area contributed by atoms with Crippen LogP contribution in [0.2, 0.25) is 0 Å². The van der Waals surface area contributed by atoms with Crippen molar-refractivity contribution < 1.29 is 33.5 Å². The van der Waals surface area contributed by atoms with Crippen LogP contribution < -0.4 is 28.5 Å². The summed E-state index contributed by atoms with van der Waals surface area (Å²) in [4.78, 5) is 10.0. The van der Waals surface area contributed by atoms with E-state index in [1.54, 1.807) is 12.1 Å². The van der Waals surface area contributed by atoms with Gasteiger partial charge in [-0.05, 0) is 12.1 Å². The number of benzene rings is 1. The van der Waals surface area contributed by atoms with Crippen molar-refractivity contribution in [1.82, 2.24) is 4.57 Å². The van der Waals surface area contributed by atoms with Crippen molar-refractivity contribution in [2.24, 2.45) is 7.05 Å². The predicted octanol–water partition coefficient (Wildman–Crippen LogP) is -1.79. The molecule has 6 heteroatoms. The minimum Gasteiger partial charge on any atom is -1.00 e. The molecule has 16 heavy (non-hydrogen) atoms. The van der Waals surface area contributed by atoms with Crippen LogP contribution in [-0.2, 0) is 7.05 Å². The molecule has 84 valence electrons. The zero-order valence-electron chi connectivity index (χ0n) is 8.58. The van der Waals surface area contributed by atoms with Gasteiger partial charge in [0.2, 0.25) is 6.33 Å². The van der Waals surface area contributed by atoms with Crippen molar-refractivity contribution in [3.8, 4) is 5.69 Å². The first-order valence-electron chi connectivity index (χ1n) is 4.45. The molecule has 2 rings (SSSR count). The standard InChI is InChI=1S/C10H10N3O2.HI/c1-11-6-7-12(8-11)9-2-4-10(5-3-9)13(14)15;/h2-8H,1H3;1H/q+1;/p-1. The van der Waals surface area contributed by atoms with Crippen LogP contribution in [0.25, 0.3) is 5.69 Å². The summed E-state index contributed by atoms with van der Waals surface area (Å²) < 4.78 is 3.80. The summed E-state index contributed by atoms with van der Waals surface area (Å²) in [6.07, 6.45) is 5.68. The van der Waals surface area contributed by atoms with Crippen molar-refractivity contribution in [2.75, 3.05) is 0 Å². The topological polar surface area (TPSA) is 52.0 Å². The summed E-state index contributed by atoms with van der Waals surface area (Å²) in [5.74, 6) is 0. The fourth-order valence-electron chi connectivity index (χ4n) is 1.35. The highest BCUT2D eigenvalue weighted by Gasteiger charge is 2.07. The molecule has 1 heterocycles. The normalized spacial score (nSPS) is 9.56. The van der Waals surface area contributed by atoms with Gasteiger partial charge >= 0.3 is 0 Å². The molecular formula is C10H10IN3O2. The van der Waals surface area contributed by atoms with Gasteiger partial charge in [0.25, 0.3) is 5.69 Å². The zero-order chi connectivity index (χ0) is 10.8. The second-order valence-electron chi connectivity index (χ2n) is 3.26. The molecule has 0 saturated heterocycles. The number of aromatic nitrogens is 2. The molecular weight excluding hydrogens is 321 g/mol. The molecule has 0 aliphatic rings. The van der Waals surface area contributed by atoms with Gasteiger partial charge in [-0.3, -0.25) is 10.1 Å². The van der Waals surface area contributed by atoms with Gasteiger partial charge in [-0.25, -0.2) is 9.13 Å². The van der Waals surface area contributed by atoms with Gasteiger partial charge in [-0.15, -0.1) is 0 Å². The molecule has 0 radical (unpaired) electrons. The van der Waals surface area contributed by atoms with Crippen LogP contribution in [0.1, 0.15) is 0 Å². The Morgan fingerprint density at radius 1 is 1.31 bits per heavy atom. The SMILES string of the molecule is C[n+]1ccn(-c2ccc([N+](=O)[O-])cc2)c1.[I-]. The van der Waals surface area contributed by atoms with E-state index >= 15 is 0 Å². The molecule has 2 aromatic rings. The van der Waals surface area contributed by atoms with E-state index in [1.165, 1.54) is 12.1 Å². The number of halogens is 1. The van der Waals surface area contributed by atoms with Crippen LogP contribution in [0.3, 0.4) is 0 Å². The highest BCUT2D eigenvalue weighted by atomic mass is 127. The summed E-state index contributed by atoms with van der Waals surface area (Å²) in [5, 5.41) is 10.4. The highest BCUT2D eigenvalue weighted by Crippen LogP contribution is 2.14. The summed E-state index contributed by atoms with van der Waals surface area (Å²) in [6.45, 7) is 0. The van der Waals surface area contributed by atoms with Crippen molar-refractivity contribution >= 4 is 5.69 Å². The lowest BCUT2D eigenvalue weighted by Crippen LogP contribution is -3.00. The van der Waals surface area contributed by atoms with Gasteiger partial charge in [-0.1, -0.05) is 0 Å². The number of non-ortho nitro benzene ring substituents is 1. The molecule has 1 aromatic heterocycles. The first-order valence-corrected chi connectivity index (χ1v) is 4.45. The second-order valence-corrected chi connectivity index (χ2v) is 3.26. The Labute approximate surface area is 109 Å². The first kappa shape index (κ1) is 12.6. The number of aryl methyl sites for hydroxylation is 1. The number of hydrogen-bond donors (Lipinski definition) is 0. The molecule has 1 aromatic carbocycles. The Morgan fingerprint density at radius 3 is 2.38 bits per heavy atom. The molecule has 0 bridgehead atoms. The molecule has 5 nitrogen and oxygen atoms in total. The maximum Gasteiger partial charge on any atom is 0.269 e. The van der Waals surface area contributed by atoms with Gasteiger partial charge in [0, 0.05) is 12.1 Å². The monoisotopic (exact) mass is 331 g/mol. The molecule has 0 fully saturated rings. The molecule has 0 atom stereocenters.